The largest absolute Gasteiger partial charge is 0.330 e. The number of imidazole rings is 1. The van der Waals surface area contributed by atoms with Crippen molar-refractivity contribution in [1.29, 1.82) is 0 Å². The Labute approximate surface area is 211 Å². The van der Waals surface area contributed by atoms with Gasteiger partial charge in [-0.3, -0.25) is 14.7 Å². The predicted molar refractivity (Wildman–Crippen MR) is 137 cm³/mol. The van der Waals surface area contributed by atoms with Crippen molar-refractivity contribution in [3.63, 3.8) is 0 Å². The predicted octanol–water partition coefficient (Wildman–Crippen LogP) is 6.30. The van der Waals surface area contributed by atoms with Crippen molar-refractivity contribution in [2.45, 2.75) is 70.8 Å². The molecule has 1 aliphatic heterocycles. The van der Waals surface area contributed by atoms with Crippen molar-refractivity contribution in [2.24, 2.45) is 18.9 Å². The minimum atomic E-state index is -2.87. The van der Waals surface area contributed by atoms with Gasteiger partial charge in [-0.1, -0.05) is 38.0 Å². The Kier molecular flexibility index (Phi) is 7.20. The van der Waals surface area contributed by atoms with E-state index in [1.54, 1.807) is 17.8 Å². The number of halogens is 2. The Balaban J connectivity index is 1.10. The zero-order valence-corrected chi connectivity index (χ0v) is 21.4. The molecular formula is C29H36F2N4O. The summed E-state index contributed by atoms with van der Waals surface area (Å²) in [5, 5.41) is 0.946. The van der Waals surface area contributed by atoms with Crippen LogP contribution in [0.15, 0.2) is 36.5 Å². The molecule has 5 nitrogen and oxygen atoms in total. The molecule has 0 radical (unpaired) electrons. The third kappa shape index (κ3) is 5.08. The van der Waals surface area contributed by atoms with Crippen LogP contribution in [-0.2, 0) is 25.9 Å². The summed E-state index contributed by atoms with van der Waals surface area (Å²) in [7, 11) is 1.72. The lowest BCUT2D eigenvalue weighted by Gasteiger charge is -2.31. The molecule has 3 aromatic rings. The van der Waals surface area contributed by atoms with Crippen LogP contribution in [0.4, 0.5) is 8.78 Å². The smallest absolute Gasteiger partial charge is 0.304 e. The van der Waals surface area contributed by atoms with Crippen LogP contribution in [0.1, 0.15) is 79.4 Å². The minimum Gasteiger partial charge on any atom is -0.330 e. The molecule has 7 heteroatoms. The fraction of sp³-hybridized carbons (Fsp3) is 0.552. The van der Waals surface area contributed by atoms with Crippen LogP contribution in [0.2, 0.25) is 0 Å². The highest BCUT2D eigenvalue weighted by atomic mass is 19.3. The number of pyridine rings is 1. The van der Waals surface area contributed by atoms with E-state index in [0.29, 0.717) is 24.8 Å². The lowest BCUT2D eigenvalue weighted by Crippen LogP contribution is -2.33. The number of Topliss-reactive ketones (excluding diaryl/α,β-unsaturated/α-hetero) is 1. The molecule has 0 spiro atoms. The summed E-state index contributed by atoms with van der Waals surface area (Å²) >= 11 is 0. The van der Waals surface area contributed by atoms with Gasteiger partial charge in [-0.2, -0.15) is 8.78 Å². The van der Waals surface area contributed by atoms with E-state index >= 15 is 0 Å². The molecule has 0 atom stereocenters. The monoisotopic (exact) mass is 494 g/mol. The first kappa shape index (κ1) is 25.0. The Bertz CT molecular complexity index is 1220. The SMILES string of the molecule is CCC(F)(F)c1nc2c(n1C)CCN(CCC1CCC(CC(=O)c3cccc4ncccc34)CC1)C2. The third-order valence-corrected chi connectivity index (χ3v) is 8.35. The van der Waals surface area contributed by atoms with Crippen LogP contribution in [0.25, 0.3) is 10.9 Å². The number of hydrogen-bond acceptors (Lipinski definition) is 4. The van der Waals surface area contributed by atoms with Gasteiger partial charge in [0.2, 0.25) is 0 Å². The van der Waals surface area contributed by atoms with Gasteiger partial charge in [-0.25, -0.2) is 4.98 Å². The van der Waals surface area contributed by atoms with Gasteiger partial charge in [0.05, 0.1) is 11.2 Å². The van der Waals surface area contributed by atoms with Crippen LogP contribution in [0.5, 0.6) is 0 Å². The second-order valence-corrected chi connectivity index (χ2v) is 10.7. The van der Waals surface area contributed by atoms with Crippen molar-refractivity contribution in [3.05, 3.63) is 59.3 Å². The second kappa shape index (κ2) is 10.4. The Hall–Kier alpha value is -2.67. The van der Waals surface area contributed by atoms with E-state index in [4.69, 9.17) is 0 Å². The number of aromatic nitrogens is 3. The normalized spacial score (nSPS) is 21.0. The molecule has 0 saturated heterocycles. The molecule has 0 amide bonds. The standard InChI is InChI=1S/C29H36F2N4O/c1-3-29(30,31)28-33-25-19-35(17-14-26(25)34(28)2)16-13-20-9-11-21(12-10-20)18-27(36)23-6-4-8-24-22(23)7-5-15-32-24/h4-8,15,20-21H,3,9-14,16-19H2,1-2H3. The van der Waals surface area contributed by atoms with Gasteiger partial charge in [0.15, 0.2) is 11.6 Å². The van der Waals surface area contributed by atoms with Crippen LogP contribution < -0.4 is 0 Å². The summed E-state index contributed by atoms with van der Waals surface area (Å²) < 4.78 is 30.2. The second-order valence-electron chi connectivity index (χ2n) is 10.7. The summed E-state index contributed by atoms with van der Waals surface area (Å²) in [5.74, 6) is -1.62. The molecule has 2 aromatic heterocycles. The zero-order valence-electron chi connectivity index (χ0n) is 21.4. The number of carbonyl (C=O) groups excluding carboxylic acids is 1. The highest BCUT2D eigenvalue weighted by Crippen LogP contribution is 2.35. The number of alkyl halides is 2. The number of fused-ring (bicyclic) bond motifs is 2. The Morgan fingerprint density at radius 2 is 1.89 bits per heavy atom. The van der Waals surface area contributed by atoms with E-state index in [1.165, 1.54) is 6.92 Å². The maximum atomic E-state index is 14.3. The van der Waals surface area contributed by atoms with Gasteiger partial charge >= 0.3 is 5.92 Å². The number of rotatable bonds is 8. The molecule has 3 heterocycles. The fourth-order valence-electron chi connectivity index (χ4n) is 6.07. The van der Waals surface area contributed by atoms with E-state index in [9.17, 15) is 13.6 Å². The first-order valence-electron chi connectivity index (χ1n) is 13.4. The molecule has 1 saturated carbocycles. The lowest BCUT2D eigenvalue weighted by molar-refractivity contribution is -0.0203. The van der Waals surface area contributed by atoms with Gasteiger partial charge < -0.3 is 4.57 Å². The average molecular weight is 495 g/mol. The van der Waals surface area contributed by atoms with E-state index in [-0.39, 0.29) is 18.0 Å². The van der Waals surface area contributed by atoms with Crippen LogP contribution >= 0.6 is 0 Å². The summed E-state index contributed by atoms with van der Waals surface area (Å²) in [5.41, 5.74) is 3.44. The summed E-state index contributed by atoms with van der Waals surface area (Å²) in [6.45, 7) is 4.04. The van der Waals surface area contributed by atoms with Crippen molar-refractivity contribution >= 4 is 16.7 Å². The molecule has 1 aromatic carbocycles. The van der Waals surface area contributed by atoms with Gasteiger partial charge in [0.25, 0.3) is 0 Å². The Morgan fingerprint density at radius 3 is 2.67 bits per heavy atom. The molecule has 5 rings (SSSR count). The minimum absolute atomic E-state index is 0.0931. The van der Waals surface area contributed by atoms with Crippen molar-refractivity contribution in [1.82, 2.24) is 19.4 Å². The molecule has 192 valence electrons. The van der Waals surface area contributed by atoms with Crippen molar-refractivity contribution < 1.29 is 13.6 Å². The summed E-state index contributed by atoms with van der Waals surface area (Å²) in [6, 6.07) is 9.67. The topological polar surface area (TPSA) is 51.0 Å². The maximum absolute atomic E-state index is 14.3. The molecule has 0 unspecified atom stereocenters. The molecule has 2 aliphatic rings. The van der Waals surface area contributed by atoms with Gasteiger partial charge in [-0.05, 0) is 49.8 Å². The van der Waals surface area contributed by atoms with Crippen LogP contribution in [-0.4, -0.2) is 38.3 Å². The van der Waals surface area contributed by atoms with E-state index in [0.717, 1.165) is 79.5 Å². The molecular weight excluding hydrogens is 458 g/mol. The lowest BCUT2D eigenvalue weighted by atomic mass is 9.78. The van der Waals surface area contributed by atoms with Gasteiger partial charge in [-0.15, -0.1) is 0 Å². The van der Waals surface area contributed by atoms with Crippen LogP contribution in [0.3, 0.4) is 0 Å². The summed E-state index contributed by atoms with van der Waals surface area (Å²) in [4.78, 5) is 24.2. The molecule has 1 aliphatic carbocycles. The number of benzene rings is 1. The highest BCUT2D eigenvalue weighted by Gasteiger charge is 2.37. The zero-order chi connectivity index (χ0) is 25.3. The van der Waals surface area contributed by atoms with E-state index in [2.05, 4.69) is 14.9 Å². The number of nitrogens with zero attached hydrogens (tertiary/aromatic N) is 4. The number of hydrogen-bond donors (Lipinski definition) is 0. The third-order valence-electron chi connectivity index (χ3n) is 8.35. The molecule has 36 heavy (non-hydrogen) atoms. The Morgan fingerprint density at radius 1 is 1.11 bits per heavy atom. The quantitative estimate of drug-likeness (QED) is 0.345. The first-order valence-corrected chi connectivity index (χ1v) is 13.4. The van der Waals surface area contributed by atoms with Crippen molar-refractivity contribution in [2.75, 3.05) is 13.1 Å². The van der Waals surface area contributed by atoms with Gasteiger partial charge in [0, 0.05) is 62.2 Å². The highest BCUT2D eigenvalue weighted by molar-refractivity contribution is 6.07. The molecule has 0 bridgehead atoms. The van der Waals surface area contributed by atoms with E-state index < -0.39 is 5.92 Å². The van der Waals surface area contributed by atoms with E-state index in [1.807, 2.05) is 30.3 Å². The fourth-order valence-corrected chi connectivity index (χ4v) is 6.07. The maximum Gasteiger partial charge on any atom is 0.304 e. The number of ketones is 1. The number of carbonyl (C=O) groups is 1. The molecule has 0 N–H and O–H groups in total. The first-order chi connectivity index (χ1) is 17.4. The molecule has 1 fully saturated rings. The average Bonchev–Trinajstić information content (AvgIpc) is 3.24. The van der Waals surface area contributed by atoms with Crippen molar-refractivity contribution in [3.8, 4) is 0 Å². The summed E-state index contributed by atoms with van der Waals surface area (Å²) in [6.07, 6.45) is 8.55. The van der Waals surface area contributed by atoms with Crippen LogP contribution in [0, 0.1) is 11.8 Å². The van der Waals surface area contributed by atoms with Gasteiger partial charge in [0.1, 0.15) is 0 Å².